The summed E-state index contributed by atoms with van der Waals surface area (Å²) in [5.41, 5.74) is -0.870. The third kappa shape index (κ3) is 3.81. The molecule has 4 nitrogen and oxygen atoms in total. The highest BCUT2D eigenvalue weighted by Crippen LogP contribution is 2.49. The summed E-state index contributed by atoms with van der Waals surface area (Å²) in [6, 6.07) is 0.107. The SMILES string of the molecule is Cc1c(Cl)c(C(F)(F)F)nn1CCC(=O)N[C@@H](C)[C@@H]1C[C@H]2CC[C@H]1C2. The highest BCUT2D eigenvalue weighted by Gasteiger charge is 2.42. The van der Waals surface area contributed by atoms with E-state index in [4.69, 9.17) is 11.6 Å². The number of hydrogen-bond donors (Lipinski definition) is 1. The molecule has 0 aromatic carbocycles. The maximum absolute atomic E-state index is 12.8. The molecular formula is C17H23ClF3N3O. The van der Waals surface area contributed by atoms with Gasteiger partial charge in [0.1, 0.15) is 0 Å². The van der Waals surface area contributed by atoms with Gasteiger partial charge in [-0.2, -0.15) is 18.3 Å². The normalized spacial score (nSPS) is 26.9. The predicted octanol–water partition coefficient (Wildman–Crippen LogP) is 4.19. The van der Waals surface area contributed by atoms with Crippen LogP contribution >= 0.6 is 11.6 Å². The van der Waals surface area contributed by atoms with Crippen molar-refractivity contribution in [1.29, 1.82) is 0 Å². The van der Waals surface area contributed by atoms with E-state index in [-0.39, 0.29) is 30.6 Å². The Labute approximate surface area is 150 Å². The number of rotatable bonds is 5. The van der Waals surface area contributed by atoms with Gasteiger partial charge in [-0.05, 0) is 50.9 Å². The zero-order valence-corrected chi connectivity index (χ0v) is 15.1. The van der Waals surface area contributed by atoms with Crippen LogP contribution in [-0.2, 0) is 17.5 Å². The smallest absolute Gasteiger partial charge is 0.353 e. The number of amides is 1. The summed E-state index contributed by atoms with van der Waals surface area (Å²) in [5, 5.41) is 6.13. The van der Waals surface area contributed by atoms with Crippen LogP contribution in [0.5, 0.6) is 0 Å². The van der Waals surface area contributed by atoms with Crippen LogP contribution in [-0.4, -0.2) is 21.7 Å². The molecule has 2 saturated carbocycles. The van der Waals surface area contributed by atoms with Gasteiger partial charge in [-0.3, -0.25) is 9.48 Å². The molecule has 8 heteroatoms. The lowest BCUT2D eigenvalue weighted by Crippen LogP contribution is -2.40. The Hall–Kier alpha value is -1.24. The minimum atomic E-state index is -4.59. The lowest BCUT2D eigenvalue weighted by Gasteiger charge is -2.28. The summed E-state index contributed by atoms with van der Waals surface area (Å²) in [7, 11) is 0. The van der Waals surface area contributed by atoms with Crippen LogP contribution in [0.25, 0.3) is 0 Å². The Balaban J connectivity index is 1.54. The van der Waals surface area contributed by atoms with E-state index in [1.165, 1.54) is 32.6 Å². The molecule has 2 aliphatic carbocycles. The van der Waals surface area contributed by atoms with Crippen LogP contribution in [0.1, 0.15) is 50.4 Å². The van der Waals surface area contributed by atoms with Crippen molar-refractivity contribution in [1.82, 2.24) is 15.1 Å². The van der Waals surface area contributed by atoms with Crippen LogP contribution in [0.15, 0.2) is 0 Å². The highest BCUT2D eigenvalue weighted by atomic mass is 35.5. The van der Waals surface area contributed by atoms with Gasteiger partial charge in [0.25, 0.3) is 0 Å². The van der Waals surface area contributed by atoms with Crippen molar-refractivity contribution in [2.24, 2.45) is 17.8 Å². The number of carbonyl (C=O) groups excluding carboxylic acids is 1. The molecule has 0 aliphatic heterocycles. The van der Waals surface area contributed by atoms with Crippen molar-refractivity contribution in [2.45, 2.75) is 64.7 Å². The molecular weight excluding hydrogens is 355 g/mol. The molecule has 1 aromatic rings. The maximum atomic E-state index is 12.8. The summed E-state index contributed by atoms with van der Waals surface area (Å²) < 4.78 is 39.6. The zero-order valence-electron chi connectivity index (χ0n) is 14.4. The first-order valence-corrected chi connectivity index (χ1v) is 9.14. The third-order valence-electron chi connectivity index (χ3n) is 5.78. The van der Waals surface area contributed by atoms with E-state index < -0.39 is 16.9 Å². The number of aryl methyl sites for hydroxylation is 1. The first-order valence-electron chi connectivity index (χ1n) is 8.76. The van der Waals surface area contributed by atoms with Crippen LogP contribution in [0.4, 0.5) is 13.2 Å². The highest BCUT2D eigenvalue weighted by molar-refractivity contribution is 6.31. The molecule has 1 N–H and O–H groups in total. The quantitative estimate of drug-likeness (QED) is 0.836. The zero-order chi connectivity index (χ0) is 18.4. The van der Waals surface area contributed by atoms with E-state index in [0.29, 0.717) is 11.8 Å². The van der Waals surface area contributed by atoms with Gasteiger partial charge >= 0.3 is 6.18 Å². The largest absolute Gasteiger partial charge is 0.436 e. The van der Waals surface area contributed by atoms with Crippen molar-refractivity contribution < 1.29 is 18.0 Å². The van der Waals surface area contributed by atoms with Gasteiger partial charge < -0.3 is 5.32 Å². The summed E-state index contributed by atoms with van der Waals surface area (Å²) in [6.07, 6.45) is 0.501. The van der Waals surface area contributed by atoms with E-state index in [0.717, 1.165) is 10.6 Å². The third-order valence-corrected chi connectivity index (χ3v) is 6.23. The first kappa shape index (κ1) is 18.5. The minimum Gasteiger partial charge on any atom is -0.353 e. The monoisotopic (exact) mass is 377 g/mol. The average Bonchev–Trinajstić information content (AvgIpc) is 3.21. The molecule has 1 heterocycles. The van der Waals surface area contributed by atoms with Crippen molar-refractivity contribution in [3.63, 3.8) is 0 Å². The lowest BCUT2D eigenvalue weighted by molar-refractivity contribution is -0.141. The molecule has 2 aliphatic rings. The summed E-state index contributed by atoms with van der Waals surface area (Å²) >= 11 is 5.72. The topological polar surface area (TPSA) is 46.9 Å². The molecule has 140 valence electrons. The van der Waals surface area contributed by atoms with E-state index >= 15 is 0 Å². The number of fused-ring (bicyclic) bond motifs is 2. The molecule has 1 amide bonds. The van der Waals surface area contributed by atoms with E-state index in [1.54, 1.807) is 0 Å². The molecule has 1 aromatic heterocycles. The number of carbonyl (C=O) groups is 1. The number of aromatic nitrogens is 2. The van der Waals surface area contributed by atoms with Gasteiger partial charge in [-0.1, -0.05) is 18.0 Å². The van der Waals surface area contributed by atoms with Crippen molar-refractivity contribution in [2.75, 3.05) is 0 Å². The second-order valence-electron chi connectivity index (χ2n) is 7.41. The molecule has 2 fully saturated rings. The van der Waals surface area contributed by atoms with Crippen LogP contribution in [0, 0.1) is 24.7 Å². The summed E-state index contributed by atoms with van der Waals surface area (Å²) in [6.45, 7) is 3.58. The fourth-order valence-electron chi connectivity index (χ4n) is 4.47. The number of nitrogens with one attached hydrogen (secondary N) is 1. The lowest BCUT2D eigenvalue weighted by atomic mass is 9.84. The number of halogens is 4. The van der Waals surface area contributed by atoms with E-state index in [2.05, 4.69) is 10.4 Å². The number of alkyl halides is 3. The van der Waals surface area contributed by atoms with Crippen LogP contribution in [0.3, 0.4) is 0 Å². The van der Waals surface area contributed by atoms with Crippen LogP contribution in [0.2, 0.25) is 5.02 Å². The van der Waals surface area contributed by atoms with E-state index in [1.807, 2.05) is 6.92 Å². The minimum absolute atomic E-state index is 0.0803. The Kier molecular flexibility index (Phi) is 5.06. The molecule has 2 bridgehead atoms. The number of hydrogen-bond acceptors (Lipinski definition) is 2. The average molecular weight is 378 g/mol. The fraction of sp³-hybridized carbons (Fsp3) is 0.765. The Morgan fingerprint density at radius 2 is 2.12 bits per heavy atom. The van der Waals surface area contributed by atoms with Crippen LogP contribution < -0.4 is 5.32 Å². The Morgan fingerprint density at radius 1 is 1.40 bits per heavy atom. The molecule has 0 spiro atoms. The summed E-state index contributed by atoms with van der Waals surface area (Å²) in [4.78, 5) is 12.2. The van der Waals surface area contributed by atoms with E-state index in [9.17, 15) is 18.0 Å². The number of nitrogens with zero attached hydrogens (tertiary/aromatic N) is 2. The van der Waals surface area contributed by atoms with Gasteiger partial charge in [0.2, 0.25) is 5.91 Å². The van der Waals surface area contributed by atoms with Gasteiger partial charge in [0.15, 0.2) is 5.69 Å². The fourth-order valence-corrected chi connectivity index (χ4v) is 4.71. The van der Waals surface area contributed by atoms with Crippen molar-refractivity contribution in [3.05, 3.63) is 16.4 Å². The molecule has 25 heavy (non-hydrogen) atoms. The van der Waals surface area contributed by atoms with Gasteiger partial charge in [0, 0.05) is 12.5 Å². The molecule has 3 rings (SSSR count). The summed E-state index contributed by atoms with van der Waals surface area (Å²) in [5.74, 6) is 1.89. The Morgan fingerprint density at radius 3 is 2.64 bits per heavy atom. The Bertz CT molecular complexity index is 658. The molecule has 0 radical (unpaired) electrons. The van der Waals surface area contributed by atoms with Gasteiger partial charge in [0.05, 0.1) is 17.3 Å². The molecule has 0 unspecified atom stereocenters. The maximum Gasteiger partial charge on any atom is 0.436 e. The van der Waals surface area contributed by atoms with Gasteiger partial charge in [-0.25, -0.2) is 0 Å². The molecule has 4 atom stereocenters. The van der Waals surface area contributed by atoms with Gasteiger partial charge in [-0.15, -0.1) is 0 Å². The second-order valence-corrected chi connectivity index (χ2v) is 7.79. The van der Waals surface area contributed by atoms with Crippen molar-refractivity contribution >= 4 is 17.5 Å². The second kappa shape index (κ2) is 6.82. The predicted molar refractivity (Wildman–Crippen MR) is 88.1 cm³/mol. The van der Waals surface area contributed by atoms with Crippen molar-refractivity contribution in [3.8, 4) is 0 Å². The standard InChI is InChI=1S/C17H23ClF3N3O/c1-9(13-8-11-3-4-12(13)7-11)22-14(25)5-6-24-10(2)15(18)16(23-24)17(19,20)21/h9,11-13H,3-8H2,1-2H3,(H,22,25)/t9-,11-,12-,13-/m0/s1. The molecule has 0 saturated heterocycles. The first-order chi connectivity index (χ1) is 11.7.